The van der Waals surface area contributed by atoms with Gasteiger partial charge < -0.3 is 15.0 Å². The Morgan fingerprint density at radius 2 is 1.68 bits per heavy atom. The highest BCUT2D eigenvalue weighted by molar-refractivity contribution is 5.98. The summed E-state index contributed by atoms with van der Waals surface area (Å²) >= 11 is 0. The number of ether oxygens (including phenoxy) is 1. The van der Waals surface area contributed by atoms with E-state index in [4.69, 9.17) is 4.74 Å². The molecule has 0 aromatic heterocycles. The van der Waals surface area contributed by atoms with Crippen molar-refractivity contribution in [2.24, 2.45) is 0 Å². The van der Waals surface area contributed by atoms with E-state index in [1.165, 1.54) is 25.7 Å². The number of fused-ring (bicyclic) bond motifs is 1. The van der Waals surface area contributed by atoms with Crippen LogP contribution in [0.1, 0.15) is 31.2 Å². The number of nitrogens with zero attached hydrogens (tertiary/aromatic N) is 1. The van der Waals surface area contributed by atoms with Crippen molar-refractivity contribution in [1.29, 1.82) is 0 Å². The molecule has 2 aliphatic heterocycles. The molecule has 4 heteroatoms. The van der Waals surface area contributed by atoms with Gasteiger partial charge in [0.05, 0.1) is 11.4 Å². The van der Waals surface area contributed by atoms with Gasteiger partial charge in [-0.2, -0.15) is 0 Å². The average molecular weight is 336 g/mol. The monoisotopic (exact) mass is 336 g/mol. The van der Waals surface area contributed by atoms with Gasteiger partial charge >= 0.3 is 0 Å². The van der Waals surface area contributed by atoms with E-state index in [0.717, 1.165) is 35.8 Å². The topological polar surface area (TPSA) is 41.6 Å². The molecule has 1 fully saturated rings. The summed E-state index contributed by atoms with van der Waals surface area (Å²) in [6, 6.07) is 16.0. The van der Waals surface area contributed by atoms with E-state index in [9.17, 15) is 4.79 Å². The Labute approximate surface area is 148 Å². The van der Waals surface area contributed by atoms with Gasteiger partial charge in [-0.25, -0.2) is 0 Å². The van der Waals surface area contributed by atoms with Gasteiger partial charge in [0.25, 0.3) is 5.91 Å². The molecule has 0 radical (unpaired) electrons. The van der Waals surface area contributed by atoms with Crippen LogP contribution in [0, 0.1) is 0 Å². The molecule has 4 rings (SSSR count). The molecule has 2 aliphatic rings. The first-order valence-corrected chi connectivity index (χ1v) is 9.21. The minimum absolute atomic E-state index is 0.0709. The number of nitrogens with one attached hydrogen (secondary N) is 1. The van der Waals surface area contributed by atoms with Crippen molar-refractivity contribution in [1.82, 2.24) is 0 Å². The largest absolute Gasteiger partial charge is 0.480 e. The maximum absolute atomic E-state index is 12.7. The highest BCUT2D eigenvalue weighted by Gasteiger charge is 2.29. The molecule has 2 heterocycles. The Kier molecular flexibility index (Phi) is 4.59. The van der Waals surface area contributed by atoms with Crippen molar-refractivity contribution in [3.63, 3.8) is 0 Å². The summed E-state index contributed by atoms with van der Waals surface area (Å²) in [5.41, 5.74) is 3.10. The van der Waals surface area contributed by atoms with Gasteiger partial charge in [-0.05, 0) is 36.6 Å². The summed E-state index contributed by atoms with van der Waals surface area (Å²) in [4.78, 5) is 15.1. The molecular formula is C21H24N2O2. The van der Waals surface area contributed by atoms with Crippen molar-refractivity contribution >= 4 is 17.3 Å². The molecule has 25 heavy (non-hydrogen) atoms. The summed E-state index contributed by atoms with van der Waals surface area (Å²) < 4.78 is 5.82. The summed E-state index contributed by atoms with van der Waals surface area (Å²) in [6.45, 7) is 2.11. The molecule has 0 spiro atoms. The summed E-state index contributed by atoms with van der Waals surface area (Å²) in [6.07, 6.45) is 5.19. The van der Waals surface area contributed by atoms with Crippen molar-refractivity contribution in [2.45, 2.75) is 38.2 Å². The van der Waals surface area contributed by atoms with Crippen LogP contribution in [-0.4, -0.2) is 25.1 Å². The van der Waals surface area contributed by atoms with Gasteiger partial charge in [0, 0.05) is 19.5 Å². The highest BCUT2D eigenvalue weighted by Crippen LogP contribution is 2.31. The molecule has 130 valence electrons. The lowest BCUT2D eigenvalue weighted by atomic mass is 10.1. The smallest absolute Gasteiger partial charge is 0.265 e. The number of amides is 1. The van der Waals surface area contributed by atoms with Gasteiger partial charge in [0.2, 0.25) is 0 Å². The molecule has 1 amide bonds. The molecule has 0 saturated carbocycles. The third-order valence-corrected chi connectivity index (χ3v) is 5.05. The first kappa shape index (κ1) is 16.0. The summed E-state index contributed by atoms with van der Waals surface area (Å²) in [5.74, 6) is 0.752. The minimum Gasteiger partial charge on any atom is -0.480 e. The number of carbonyl (C=O) groups excluding carboxylic acids is 1. The van der Waals surface area contributed by atoms with Crippen LogP contribution >= 0.6 is 0 Å². The maximum Gasteiger partial charge on any atom is 0.265 e. The summed E-state index contributed by atoms with van der Waals surface area (Å²) in [7, 11) is 0. The molecule has 4 nitrogen and oxygen atoms in total. The van der Waals surface area contributed by atoms with Gasteiger partial charge in [-0.15, -0.1) is 0 Å². The van der Waals surface area contributed by atoms with E-state index in [0.29, 0.717) is 6.42 Å². The van der Waals surface area contributed by atoms with Gasteiger partial charge in [0.1, 0.15) is 5.75 Å². The second-order valence-electron chi connectivity index (χ2n) is 6.83. The fourth-order valence-corrected chi connectivity index (χ4v) is 3.71. The normalized spacial score (nSPS) is 19.7. The fraction of sp³-hybridized carbons (Fsp3) is 0.381. The first-order chi connectivity index (χ1) is 12.3. The number of hydrogen-bond donors (Lipinski definition) is 1. The predicted molar refractivity (Wildman–Crippen MR) is 100 cm³/mol. The van der Waals surface area contributed by atoms with Gasteiger partial charge in [0.15, 0.2) is 6.10 Å². The van der Waals surface area contributed by atoms with E-state index in [2.05, 4.69) is 16.3 Å². The molecular weight excluding hydrogens is 312 g/mol. The summed E-state index contributed by atoms with van der Waals surface area (Å²) in [5, 5.41) is 3.10. The Balaban J connectivity index is 1.49. The van der Waals surface area contributed by atoms with Crippen LogP contribution < -0.4 is 15.0 Å². The zero-order valence-corrected chi connectivity index (χ0v) is 14.4. The average Bonchev–Trinajstić information content (AvgIpc) is 2.90. The molecule has 2 aromatic carbocycles. The molecule has 1 unspecified atom stereocenters. The number of carbonyl (C=O) groups is 1. The number of hydrogen-bond acceptors (Lipinski definition) is 3. The molecule has 0 bridgehead atoms. The van der Waals surface area contributed by atoms with E-state index in [1.54, 1.807) is 0 Å². The Bertz CT molecular complexity index is 726. The lowest BCUT2D eigenvalue weighted by Gasteiger charge is -2.25. The standard InChI is InChI=1S/C21H24N2O2/c24-21(20-15-16-9-3-6-12-19(16)25-20)22-17-10-4-5-11-18(17)23-13-7-1-2-8-14-23/h3-6,9-12,20H,1-2,7-8,13-15H2,(H,22,24). The molecule has 2 aromatic rings. The van der Waals surface area contributed by atoms with Crippen LogP contribution in [0.3, 0.4) is 0 Å². The van der Waals surface area contributed by atoms with Gasteiger partial charge in [-0.1, -0.05) is 43.2 Å². The number of benzene rings is 2. The van der Waals surface area contributed by atoms with E-state index < -0.39 is 6.10 Å². The zero-order chi connectivity index (χ0) is 17.1. The first-order valence-electron chi connectivity index (χ1n) is 9.21. The Morgan fingerprint density at radius 1 is 0.960 bits per heavy atom. The quantitative estimate of drug-likeness (QED) is 0.921. The van der Waals surface area contributed by atoms with E-state index in [1.807, 2.05) is 42.5 Å². The molecule has 1 N–H and O–H groups in total. The SMILES string of the molecule is O=C(Nc1ccccc1N1CCCCCC1)C1Cc2ccccc2O1. The van der Waals surface area contributed by atoms with Gasteiger partial charge in [-0.3, -0.25) is 4.79 Å². The molecule has 1 saturated heterocycles. The number of anilines is 2. The van der Waals surface area contributed by atoms with Crippen molar-refractivity contribution in [3.8, 4) is 5.75 Å². The van der Waals surface area contributed by atoms with Crippen molar-refractivity contribution in [2.75, 3.05) is 23.3 Å². The van der Waals surface area contributed by atoms with Crippen LogP contribution in [-0.2, 0) is 11.2 Å². The van der Waals surface area contributed by atoms with Crippen LogP contribution in [0.4, 0.5) is 11.4 Å². The second-order valence-corrected chi connectivity index (χ2v) is 6.83. The fourth-order valence-electron chi connectivity index (χ4n) is 3.71. The van der Waals surface area contributed by atoms with E-state index in [-0.39, 0.29) is 5.91 Å². The van der Waals surface area contributed by atoms with Crippen LogP contribution in [0.25, 0.3) is 0 Å². The molecule has 1 atom stereocenters. The predicted octanol–water partition coefficient (Wildman–Crippen LogP) is 4.01. The Morgan fingerprint density at radius 3 is 2.48 bits per heavy atom. The third kappa shape index (κ3) is 3.48. The minimum atomic E-state index is -0.449. The number of rotatable bonds is 3. The van der Waals surface area contributed by atoms with Crippen LogP contribution in [0.15, 0.2) is 48.5 Å². The lowest BCUT2D eigenvalue weighted by molar-refractivity contribution is -0.122. The van der Waals surface area contributed by atoms with Crippen LogP contribution in [0.5, 0.6) is 5.75 Å². The van der Waals surface area contributed by atoms with Crippen molar-refractivity contribution < 1.29 is 9.53 Å². The van der Waals surface area contributed by atoms with Crippen molar-refractivity contribution in [3.05, 3.63) is 54.1 Å². The second kappa shape index (κ2) is 7.18. The molecule has 0 aliphatic carbocycles. The maximum atomic E-state index is 12.7. The number of para-hydroxylation sites is 3. The van der Waals surface area contributed by atoms with E-state index >= 15 is 0 Å². The third-order valence-electron chi connectivity index (χ3n) is 5.05. The Hall–Kier alpha value is -2.49. The lowest BCUT2D eigenvalue weighted by Crippen LogP contribution is -2.32. The zero-order valence-electron chi connectivity index (χ0n) is 14.4. The highest BCUT2D eigenvalue weighted by atomic mass is 16.5. The van der Waals surface area contributed by atoms with Crippen LogP contribution in [0.2, 0.25) is 0 Å².